The third-order valence-corrected chi connectivity index (χ3v) is 3.37. The Labute approximate surface area is 136 Å². The highest BCUT2D eigenvalue weighted by Crippen LogP contribution is 2.30. The first-order chi connectivity index (χ1) is 11.2. The minimum Gasteiger partial charge on any atom is -0.369 e. The monoisotopic (exact) mass is 342 g/mol. The second-order valence-electron chi connectivity index (χ2n) is 5.55. The van der Waals surface area contributed by atoms with Crippen LogP contribution in [0.25, 0.3) is 11.4 Å². The van der Waals surface area contributed by atoms with Crippen LogP contribution in [0, 0.1) is 0 Å². The molecule has 24 heavy (non-hydrogen) atoms. The summed E-state index contributed by atoms with van der Waals surface area (Å²) < 4.78 is 42.8. The first-order valence-corrected chi connectivity index (χ1v) is 7.19. The lowest BCUT2D eigenvalue weighted by Crippen LogP contribution is -2.38. The van der Waals surface area contributed by atoms with Crippen LogP contribution in [0.2, 0.25) is 0 Å². The molecule has 2 aromatic rings. The van der Waals surface area contributed by atoms with E-state index < -0.39 is 17.6 Å². The molecule has 2 N–H and O–H groups in total. The van der Waals surface area contributed by atoms with Crippen molar-refractivity contribution in [3.05, 3.63) is 35.7 Å². The van der Waals surface area contributed by atoms with Crippen LogP contribution in [0.4, 0.5) is 13.2 Å². The van der Waals surface area contributed by atoms with Gasteiger partial charge < -0.3 is 10.3 Å². The van der Waals surface area contributed by atoms with Crippen LogP contribution in [0.1, 0.15) is 25.3 Å². The number of rotatable bonds is 6. The van der Waals surface area contributed by atoms with Gasteiger partial charge in [-0.1, -0.05) is 17.3 Å². The Balaban J connectivity index is 2.13. The number of carbonyl (C=O) groups excluding carboxylic acids is 1. The number of hydrogen-bond acceptors (Lipinski definition) is 5. The van der Waals surface area contributed by atoms with Crippen molar-refractivity contribution in [2.24, 2.45) is 5.73 Å². The van der Waals surface area contributed by atoms with Crippen LogP contribution in [-0.2, 0) is 17.5 Å². The van der Waals surface area contributed by atoms with Crippen LogP contribution >= 0.6 is 0 Å². The Kier molecular flexibility index (Phi) is 5.23. The Hall–Kier alpha value is -2.42. The van der Waals surface area contributed by atoms with E-state index in [4.69, 9.17) is 10.3 Å². The maximum atomic E-state index is 12.6. The van der Waals surface area contributed by atoms with Crippen LogP contribution in [-0.4, -0.2) is 33.5 Å². The SMILES string of the molecule is CC(C)N(CC(N)=O)Cc1nc(-c2ccc(C(F)(F)F)cc2)no1. The molecule has 1 aromatic heterocycles. The van der Waals surface area contributed by atoms with Crippen LogP contribution < -0.4 is 5.73 Å². The molecule has 6 nitrogen and oxygen atoms in total. The summed E-state index contributed by atoms with van der Waals surface area (Å²) in [5.74, 6) is -0.0486. The molecular formula is C15H17F3N4O2. The molecule has 2 rings (SSSR count). The third kappa shape index (κ3) is 4.54. The van der Waals surface area contributed by atoms with Gasteiger partial charge in [-0.05, 0) is 26.0 Å². The quantitative estimate of drug-likeness (QED) is 0.871. The van der Waals surface area contributed by atoms with Crippen molar-refractivity contribution in [1.29, 1.82) is 0 Å². The molecule has 0 spiro atoms. The van der Waals surface area contributed by atoms with Gasteiger partial charge in [0.25, 0.3) is 0 Å². The number of alkyl halides is 3. The van der Waals surface area contributed by atoms with Gasteiger partial charge in [-0.25, -0.2) is 0 Å². The normalized spacial score (nSPS) is 12.1. The van der Waals surface area contributed by atoms with Gasteiger partial charge in [-0.2, -0.15) is 18.2 Å². The molecule has 0 atom stereocenters. The summed E-state index contributed by atoms with van der Waals surface area (Å²) in [6.07, 6.45) is -4.40. The van der Waals surface area contributed by atoms with Crippen molar-refractivity contribution >= 4 is 5.91 Å². The van der Waals surface area contributed by atoms with E-state index in [0.29, 0.717) is 5.56 Å². The van der Waals surface area contributed by atoms with E-state index in [-0.39, 0.29) is 30.8 Å². The molecule has 1 amide bonds. The fourth-order valence-corrected chi connectivity index (χ4v) is 2.04. The Morgan fingerprint density at radius 3 is 2.42 bits per heavy atom. The number of hydrogen-bond donors (Lipinski definition) is 1. The minimum atomic E-state index is -4.40. The first kappa shape index (κ1) is 17.9. The number of halogens is 3. The molecule has 0 unspecified atom stereocenters. The number of amides is 1. The van der Waals surface area contributed by atoms with Crippen molar-refractivity contribution in [1.82, 2.24) is 15.0 Å². The number of nitrogens with two attached hydrogens (primary N) is 1. The Bertz CT molecular complexity index is 695. The van der Waals surface area contributed by atoms with Gasteiger partial charge in [-0.3, -0.25) is 9.69 Å². The second kappa shape index (κ2) is 7.00. The van der Waals surface area contributed by atoms with Crippen molar-refractivity contribution in [2.75, 3.05) is 6.54 Å². The van der Waals surface area contributed by atoms with Crippen LogP contribution in [0.5, 0.6) is 0 Å². The predicted molar refractivity (Wildman–Crippen MR) is 79.5 cm³/mol. The largest absolute Gasteiger partial charge is 0.416 e. The lowest BCUT2D eigenvalue weighted by molar-refractivity contribution is -0.137. The molecule has 9 heteroatoms. The van der Waals surface area contributed by atoms with E-state index in [1.54, 1.807) is 4.90 Å². The summed E-state index contributed by atoms with van der Waals surface area (Å²) in [4.78, 5) is 17.0. The number of benzene rings is 1. The minimum absolute atomic E-state index is 0.0268. The average molecular weight is 342 g/mol. The zero-order valence-electron chi connectivity index (χ0n) is 13.2. The van der Waals surface area contributed by atoms with Gasteiger partial charge in [-0.15, -0.1) is 0 Å². The summed E-state index contributed by atoms with van der Waals surface area (Å²) >= 11 is 0. The number of primary amides is 1. The molecule has 0 bridgehead atoms. The highest BCUT2D eigenvalue weighted by atomic mass is 19.4. The van der Waals surface area contributed by atoms with E-state index in [1.807, 2.05) is 13.8 Å². The number of carbonyl (C=O) groups is 1. The summed E-state index contributed by atoms with van der Waals surface area (Å²) in [6.45, 7) is 4.02. The van der Waals surface area contributed by atoms with E-state index in [0.717, 1.165) is 12.1 Å². The molecular weight excluding hydrogens is 325 g/mol. The highest BCUT2D eigenvalue weighted by molar-refractivity contribution is 5.75. The second-order valence-corrected chi connectivity index (χ2v) is 5.55. The molecule has 0 aliphatic carbocycles. The molecule has 0 aliphatic heterocycles. The highest BCUT2D eigenvalue weighted by Gasteiger charge is 2.30. The topological polar surface area (TPSA) is 85.2 Å². The van der Waals surface area contributed by atoms with Crippen LogP contribution in [0.15, 0.2) is 28.8 Å². The maximum Gasteiger partial charge on any atom is 0.416 e. The third-order valence-electron chi connectivity index (χ3n) is 3.37. The standard InChI is InChI=1S/C15H17F3N4O2/c1-9(2)22(7-12(19)23)8-13-20-14(21-24-13)10-3-5-11(6-4-10)15(16,17)18/h3-6,9H,7-8H2,1-2H3,(H2,19,23). The molecule has 0 radical (unpaired) electrons. The van der Waals surface area contributed by atoms with Gasteiger partial charge in [0.15, 0.2) is 0 Å². The van der Waals surface area contributed by atoms with Gasteiger partial charge in [0.2, 0.25) is 17.6 Å². The molecule has 0 fully saturated rings. The average Bonchev–Trinajstić information content (AvgIpc) is 2.94. The lowest BCUT2D eigenvalue weighted by Gasteiger charge is -2.22. The van der Waals surface area contributed by atoms with E-state index >= 15 is 0 Å². The molecule has 0 saturated heterocycles. The summed E-state index contributed by atoms with van der Waals surface area (Å²) in [5, 5.41) is 3.76. The predicted octanol–water partition coefficient (Wildman–Crippen LogP) is 2.45. The summed E-state index contributed by atoms with van der Waals surface area (Å²) in [7, 11) is 0. The van der Waals surface area contributed by atoms with E-state index in [2.05, 4.69) is 10.1 Å². The Morgan fingerprint density at radius 1 is 1.29 bits per heavy atom. The fourth-order valence-electron chi connectivity index (χ4n) is 2.04. The first-order valence-electron chi connectivity index (χ1n) is 7.19. The lowest BCUT2D eigenvalue weighted by atomic mass is 10.1. The molecule has 0 saturated carbocycles. The smallest absolute Gasteiger partial charge is 0.369 e. The summed E-state index contributed by atoms with van der Waals surface area (Å²) in [6, 6.07) is 4.50. The molecule has 130 valence electrons. The zero-order valence-corrected chi connectivity index (χ0v) is 13.2. The fraction of sp³-hybridized carbons (Fsp3) is 0.400. The molecule has 1 aromatic carbocycles. The van der Waals surface area contributed by atoms with Crippen LogP contribution in [0.3, 0.4) is 0 Å². The summed E-state index contributed by atoms with van der Waals surface area (Å²) in [5.41, 5.74) is 4.85. The van der Waals surface area contributed by atoms with Crippen molar-refractivity contribution in [2.45, 2.75) is 32.6 Å². The number of nitrogens with zero attached hydrogens (tertiary/aromatic N) is 3. The molecule has 0 aliphatic rings. The zero-order chi connectivity index (χ0) is 17.9. The van der Waals surface area contributed by atoms with Gasteiger partial charge in [0.05, 0.1) is 18.7 Å². The van der Waals surface area contributed by atoms with E-state index in [9.17, 15) is 18.0 Å². The number of aromatic nitrogens is 2. The van der Waals surface area contributed by atoms with Crippen molar-refractivity contribution < 1.29 is 22.5 Å². The van der Waals surface area contributed by atoms with Gasteiger partial charge in [0, 0.05) is 11.6 Å². The maximum absolute atomic E-state index is 12.6. The van der Waals surface area contributed by atoms with Gasteiger partial charge >= 0.3 is 6.18 Å². The van der Waals surface area contributed by atoms with Crippen molar-refractivity contribution in [3.8, 4) is 11.4 Å². The van der Waals surface area contributed by atoms with E-state index in [1.165, 1.54) is 12.1 Å². The molecule has 1 heterocycles. The van der Waals surface area contributed by atoms with Crippen molar-refractivity contribution in [3.63, 3.8) is 0 Å². The van der Waals surface area contributed by atoms with Gasteiger partial charge in [0.1, 0.15) is 0 Å². The Morgan fingerprint density at radius 2 is 1.92 bits per heavy atom.